The summed E-state index contributed by atoms with van der Waals surface area (Å²) in [6.45, 7) is 6.72. The highest BCUT2D eigenvalue weighted by atomic mass is 79.9. The molecule has 0 spiro atoms. The van der Waals surface area contributed by atoms with Gasteiger partial charge in [0.25, 0.3) is 0 Å². The standard InChI is InChI=1S/C14H19BrFN/c1-3-5-6-14(17-9-4-2)12-8-7-11(15)10-13(12)16/h3,7-8,10,14,17H,1,4-6,9H2,2H3. The van der Waals surface area contributed by atoms with Gasteiger partial charge >= 0.3 is 0 Å². The van der Waals surface area contributed by atoms with Crippen LogP contribution in [0.1, 0.15) is 37.8 Å². The molecule has 1 atom stereocenters. The third-order valence-corrected chi connectivity index (χ3v) is 3.13. The fourth-order valence-corrected chi connectivity index (χ4v) is 2.09. The number of hydrogen-bond acceptors (Lipinski definition) is 1. The van der Waals surface area contributed by atoms with E-state index in [1.807, 2.05) is 18.2 Å². The molecule has 3 heteroatoms. The molecular formula is C14H19BrFN. The maximum atomic E-state index is 13.9. The van der Waals surface area contributed by atoms with Crippen LogP contribution in [0.2, 0.25) is 0 Å². The van der Waals surface area contributed by atoms with Gasteiger partial charge in [-0.25, -0.2) is 4.39 Å². The Hall–Kier alpha value is -0.670. The minimum absolute atomic E-state index is 0.0704. The van der Waals surface area contributed by atoms with E-state index in [0.717, 1.165) is 35.8 Å². The van der Waals surface area contributed by atoms with E-state index in [-0.39, 0.29) is 11.9 Å². The zero-order valence-electron chi connectivity index (χ0n) is 10.2. The monoisotopic (exact) mass is 299 g/mol. The molecule has 0 aliphatic carbocycles. The van der Waals surface area contributed by atoms with Crippen molar-refractivity contribution in [2.75, 3.05) is 6.54 Å². The van der Waals surface area contributed by atoms with Gasteiger partial charge in [0, 0.05) is 16.1 Å². The van der Waals surface area contributed by atoms with Gasteiger partial charge in [0.2, 0.25) is 0 Å². The Morgan fingerprint density at radius 3 is 2.88 bits per heavy atom. The first-order valence-electron chi connectivity index (χ1n) is 5.98. The summed E-state index contributed by atoms with van der Waals surface area (Å²) in [4.78, 5) is 0. The van der Waals surface area contributed by atoms with Crippen molar-refractivity contribution in [1.29, 1.82) is 0 Å². The topological polar surface area (TPSA) is 12.0 Å². The molecule has 17 heavy (non-hydrogen) atoms. The minimum atomic E-state index is -0.156. The lowest BCUT2D eigenvalue weighted by molar-refractivity contribution is 0.476. The Morgan fingerprint density at radius 2 is 2.29 bits per heavy atom. The van der Waals surface area contributed by atoms with E-state index in [9.17, 15) is 4.39 Å². The summed E-state index contributed by atoms with van der Waals surface area (Å²) in [6.07, 6.45) is 4.68. The number of benzene rings is 1. The highest BCUT2D eigenvalue weighted by Crippen LogP contribution is 2.24. The number of nitrogens with one attached hydrogen (secondary N) is 1. The molecule has 1 nitrogen and oxygen atoms in total. The normalized spacial score (nSPS) is 12.4. The van der Waals surface area contributed by atoms with E-state index in [2.05, 4.69) is 34.7 Å². The van der Waals surface area contributed by atoms with Crippen molar-refractivity contribution in [2.24, 2.45) is 0 Å². The van der Waals surface area contributed by atoms with Gasteiger partial charge in [0.15, 0.2) is 0 Å². The maximum Gasteiger partial charge on any atom is 0.129 e. The van der Waals surface area contributed by atoms with Crippen LogP contribution in [0, 0.1) is 5.82 Å². The molecule has 0 aliphatic rings. The van der Waals surface area contributed by atoms with Crippen molar-refractivity contribution >= 4 is 15.9 Å². The molecule has 0 saturated carbocycles. The lowest BCUT2D eigenvalue weighted by Gasteiger charge is -2.19. The summed E-state index contributed by atoms with van der Waals surface area (Å²) in [6, 6.07) is 5.31. The second-order valence-electron chi connectivity index (χ2n) is 4.04. The number of halogens is 2. The minimum Gasteiger partial charge on any atom is -0.310 e. The Labute approximate surface area is 111 Å². The molecule has 0 aliphatic heterocycles. The first-order chi connectivity index (χ1) is 8.19. The van der Waals surface area contributed by atoms with Crippen molar-refractivity contribution in [3.05, 3.63) is 46.7 Å². The lowest BCUT2D eigenvalue weighted by Crippen LogP contribution is -2.23. The quantitative estimate of drug-likeness (QED) is 0.726. The van der Waals surface area contributed by atoms with E-state index < -0.39 is 0 Å². The van der Waals surface area contributed by atoms with Crippen molar-refractivity contribution in [1.82, 2.24) is 5.32 Å². The Balaban J connectivity index is 2.82. The first kappa shape index (κ1) is 14.4. The second kappa shape index (κ2) is 7.62. The van der Waals surface area contributed by atoms with E-state index in [4.69, 9.17) is 0 Å². The Kier molecular flexibility index (Phi) is 6.45. The van der Waals surface area contributed by atoms with E-state index in [1.54, 1.807) is 0 Å². The van der Waals surface area contributed by atoms with Gasteiger partial charge in [-0.05, 0) is 37.9 Å². The molecule has 1 aromatic carbocycles. The maximum absolute atomic E-state index is 13.9. The fraction of sp³-hybridized carbons (Fsp3) is 0.429. The van der Waals surface area contributed by atoms with Gasteiger partial charge in [-0.15, -0.1) is 6.58 Å². The summed E-state index contributed by atoms with van der Waals surface area (Å²) in [5.74, 6) is -0.156. The molecule has 1 aromatic rings. The molecule has 0 radical (unpaired) electrons. The molecule has 0 fully saturated rings. The number of rotatable bonds is 7. The van der Waals surface area contributed by atoms with Crippen molar-refractivity contribution in [2.45, 2.75) is 32.2 Å². The van der Waals surface area contributed by atoms with E-state index in [0.29, 0.717) is 0 Å². The van der Waals surface area contributed by atoms with Crippen LogP contribution < -0.4 is 5.32 Å². The van der Waals surface area contributed by atoms with Crippen LogP contribution in [0.5, 0.6) is 0 Å². The van der Waals surface area contributed by atoms with E-state index >= 15 is 0 Å². The zero-order chi connectivity index (χ0) is 12.7. The third kappa shape index (κ3) is 4.60. The molecule has 1 N–H and O–H groups in total. The summed E-state index contributed by atoms with van der Waals surface area (Å²) in [5.41, 5.74) is 0.739. The van der Waals surface area contributed by atoms with Gasteiger partial charge in [0.1, 0.15) is 5.82 Å². The van der Waals surface area contributed by atoms with Gasteiger partial charge in [0.05, 0.1) is 0 Å². The molecule has 1 unspecified atom stereocenters. The smallest absolute Gasteiger partial charge is 0.129 e. The van der Waals surface area contributed by atoms with Gasteiger partial charge < -0.3 is 5.32 Å². The summed E-state index contributed by atoms with van der Waals surface area (Å²) < 4.78 is 14.6. The van der Waals surface area contributed by atoms with Crippen LogP contribution in [0.3, 0.4) is 0 Å². The Bertz CT molecular complexity index is 365. The zero-order valence-corrected chi connectivity index (χ0v) is 11.8. The predicted octanol–water partition coefficient (Wildman–Crippen LogP) is 4.60. The molecule has 1 rings (SSSR count). The molecule has 0 aromatic heterocycles. The second-order valence-corrected chi connectivity index (χ2v) is 4.95. The van der Waals surface area contributed by atoms with Gasteiger partial charge in [-0.1, -0.05) is 35.0 Å². The van der Waals surface area contributed by atoms with Crippen molar-refractivity contribution in [3.63, 3.8) is 0 Å². The molecule has 0 amide bonds. The van der Waals surface area contributed by atoms with Crippen LogP contribution >= 0.6 is 15.9 Å². The molecule has 94 valence electrons. The highest BCUT2D eigenvalue weighted by molar-refractivity contribution is 9.10. The van der Waals surface area contributed by atoms with E-state index in [1.165, 1.54) is 6.07 Å². The first-order valence-corrected chi connectivity index (χ1v) is 6.77. The summed E-state index contributed by atoms with van der Waals surface area (Å²) >= 11 is 3.27. The molecular weight excluding hydrogens is 281 g/mol. The largest absolute Gasteiger partial charge is 0.310 e. The van der Waals surface area contributed by atoms with Crippen LogP contribution in [0.15, 0.2) is 35.3 Å². The van der Waals surface area contributed by atoms with Crippen molar-refractivity contribution in [3.8, 4) is 0 Å². The average molecular weight is 300 g/mol. The summed E-state index contributed by atoms with van der Waals surface area (Å²) in [7, 11) is 0. The van der Waals surface area contributed by atoms with Crippen LogP contribution in [-0.4, -0.2) is 6.54 Å². The number of allylic oxidation sites excluding steroid dienone is 1. The third-order valence-electron chi connectivity index (χ3n) is 2.64. The van der Waals surface area contributed by atoms with Crippen LogP contribution in [0.4, 0.5) is 4.39 Å². The SMILES string of the molecule is C=CCCC(NCCC)c1ccc(Br)cc1F. The van der Waals surface area contributed by atoms with Crippen LogP contribution in [0.25, 0.3) is 0 Å². The molecule has 0 saturated heterocycles. The highest BCUT2D eigenvalue weighted by Gasteiger charge is 2.14. The van der Waals surface area contributed by atoms with Gasteiger partial charge in [-0.3, -0.25) is 0 Å². The predicted molar refractivity (Wildman–Crippen MR) is 74.6 cm³/mol. The summed E-state index contributed by atoms with van der Waals surface area (Å²) in [5, 5.41) is 3.38. The van der Waals surface area contributed by atoms with Crippen LogP contribution in [-0.2, 0) is 0 Å². The molecule has 0 bridgehead atoms. The molecule has 0 heterocycles. The average Bonchev–Trinajstić information content (AvgIpc) is 2.30. The van der Waals surface area contributed by atoms with Gasteiger partial charge in [-0.2, -0.15) is 0 Å². The number of hydrogen-bond donors (Lipinski definition) is 1. The van der Waals surface area contributed by atoms with Crippen molar-refractivity contribution < 1.29 is 4.39 Å². The lowest BCUT2D eigenvalue weighted by atomic mass is 10.0. The fourth-order valence-electron chi connectivity index (χ4n) is 1.75. The Morgan fingerprint density at radius 1 is 1.53 bits per heavy atom.